The molecule has 1 heterocycles. The van der Waals surface area contributed by atoms with Gasteiger partial charge in [-0.05, 0) is 12.1 Å². The van der Waals surface area contributed by atoms with Gasteiger partial charge in [0.2, 0.25) is 0 Å². The maximum absolute atomic E-state index is 10.6. The number of rotatable bonds is 2. The van der Waals surface area contributed by atoms with Crippen LogP contribution in [0.3, 0.4) is 0 Å². The highest BCUT2D eigenvalue weighted by Crippen LogP contribution is 2.21. The fourth-order valence-electron chi connectivity index (χ4n) is 1.27. The maximum atomic E-state index is 10.6. The lowest BCUT2D eigenvalue weighted by Gasteiger charge is -2.02. The van der Waals surface area contributed by atoms with Crippen molar-refractivity contribution in [2.24, 2.45) is 0 Å². The molecule has 0 aliphatic carbocycles. The van der Waals surface area contributed by atoms with Crippen LogP contribution in [0.2, 0.25) is 0 Å². The van der Waals surface area contributed by atoms with Crippen molar-refractivity contribution in [2.45, 2.75) is 0 Å². The first-order valence-corrected chi connectivity index (χ1v) is 4.01. The predicted octanol–water partition coefficient (Wildman–Crippen LogP) is 1.90. The number of carbonyl (C=O) groups is 1. The topological polar surface area (TPSA) is 59.4 Å². The summed E-state index contributed by atoms with van der Waals surface area (Å²) in [5.41, 5.74) is 0.779. The molecule has 0 unspecified atom stereocenters. The van der Waals surface area contributed by atoms with Crippen LogP contribution in [-0.4, -0.2) is 16.5 Å². The van der Waals surface area contributed by atoms with Gasteiger partial charge in [0.1, 0.15) is 5.69 Å². The summed E-state index contributed by atoms with van der Waals surface area (Å²) in [6.45, 7) is 0. The van der Waals surface area contributed by atoms with Crippen LogP contribution in [0.25, 0.3) is 10.9 Å². The molecule has 0 atom stereocenters. The molecular weight excluding hydrogens is 182 g/mol. The summed E-state index contributed by atoms with van der Waals surface area (Å²) in [4.78, 5) is 18.6. The molecule has 2 aromatic rings. The summed E-state index contributed by atoms with van der Waals surface area (Å²) >= 11 is 0. The molecule has 14 heavy (non-hydrogen) atoms. The van der Waals surface area contributed by atoms with Crippen LogP contribution in [0, 0.1) is 0 Å². The van der Waals surface area contributed by atoms with E-state index in [1.807, 2.05) is 18.2 Å². The third-order valence-corrected chi connectivity index (χ3v) is 1.93. The molecule has 0 aliphatic heterocycles. The fourth-order valence-corrected chi connectivity index (χ4v) is 1.27. The normalized spacial score (nSPS) is 10.1. The molecule has 0 bridgehead atoms. The highest BCUT2D eigenvalue weighted by molar-refractivity contribution is 5.86. The zero-order chi connectivity index (χ0) is 9.97. The molecule has 0 spiro atoms. The molecule has 4 heteroatoms. The van der Waals surface area contributed by atoms with E-state index in [2.05, 4.69) is 9.87 Å². The quantitative estimate of drug-likeness (QED) is 0.445. The first-order chi connectivity index (χ1) is 6.85. The minimum absolute atomic E-state index is 0.0682. The number of carbonyl (C=O) groups excluding carboxylic acids is 1. The van der Waals surface area contributed by atoms with E-state index in [-0.39, 0.29) is 11.4 Å². The van der Waals surface area contributed by atoms with Crippen LogP contribution in [0.5, 0.6) is 5.75 Å². The fraction of sp³-hybridized carbons (Fsp3) is 0. The second-order valence-corrected chi connectivity index (χ2v) is 2.77. The smallest absolute Gasteiger partial charge is 0.194 e. The minimum atomic E-state index is 0.0682. The van der Waals surface area contributed by atoms with Crippen molar-refractivity contribution in [1.82, 2.24) is 4.98 Å². The number of nitrogens with zero attached hydrogens (tertiary/aromatic N) is 1. The summed E-state index contributed by atoms with van der Waals surface area (Å²) in [5, 5.41) is 9.32. The van der Waals surface area contributed by atoms with Crippen molar-refractivity contribution >= 4 is 17.2 Å². The molecule has 2 rings (SSSR count). The van der Waals surface area contributed by atoms with Gasteiger partial charge in [0.05, 0.1) is 5.52 Å². The van der Waals surface area contributed by atoms with E-state index in [9.17, 15) is 4.79 Å². The standard InChI is InChI=1S/C10H7NO3/c12-6-9-10(14-13)5-7-3-1-2-4-8(7)11-9/h1-6,13H. The highest BCUT2D eigenvalue weighted by atomic mass is 17.1. The highest BCUT2D eigenvalue weighted by Gasteiger charge is 2.06. The van der Waals surface area contributed by atoms with E-state index in [0.717, 1.165) is 5.39 Å². The molecule has 0 fully saturated rings. The van der Waals surface area contributed by atoms with Crippen LogP contribution in [-0.2, 0) is 0 Å². The lowest BCUT2D eigenvalue weighted by atomic mass is 10.2. The molecule has 1 aromatic carbocycles. The first kappa shape index (κ1) is 8.65. The summed E-state index contributed by atoms with van der Waals surface area (Å²) < 4.78 is 0. The number of pyridine rings is 1. The van der Waals surface area contributed by atoms with Gasteiger partial charge in [0.25, 0.3) is 0 Å². The summed E-state index contributed by atoms with van der Waals surface area (Å²) in [6, 6.07) is 8.82. The molecule has 1 aromatic heterocycles. The zero-order valence-corrected chi connectivity index (χ0v) is 7.18. The number of aldehydes is 1. The third-order valence-electron chi connectivity index (χ3n) is 1.93. The van der Waals surface area contributed by atoms with E-state index >= 15 is 0 Å². The first-order valence-electron chi connectivity index (χ1n) is 4.01. The van der Waals surface area contributed by atoms with E-state index < -0.39 is 0 Å². The van der Waals surface area contributed by atoms with Crippen LogP contribution >= 0.6 is 0 Å². The van der Waals surface area contributed by atoms with Crippen molar-refractivity contribution in [3.05, 3.63) is 36.0 Å². The van der Waals surface area contributed by atoms with Crippen LogP contribution in [0.4, 0.5) is 0 Å². The molecule has 0 radical (unpaired) electrons. The van der Waals surface area contributed by atoms with Gasteiger partial charge in [0.15, 0.2) is 12.0 Å². The van der Waals surface area contributed by atoms with Gasteiger partial charge in [-0.1, -0.05) is 18.2 Å². The number of benzene rings is 1. The molecule has 0 saturated heterocycles. The largest absolute Gasteiger partial charge is 0.338 e. The molecule has 70 valence electrons. The lowest BCUT2D eigenvalue weighted by molar-refractivity contribution is -0.138. The number of fused-ring (bicyclic) bond motifs is 1. The minimum Gasteiger partial charge on any atom is -0.338 e. The molecule has 0 saturated carbocycles. The van der Waals surface area contributed by atoms with Crippen LogP contribution in [0.15, 0.2) is 30.3 Å². The van der Waals surface area contributed by atoms with Gasteiger partial charge in [-0.15, -0.1) is 0 Å². The van der Waals surface area contributed by atoms with E-state index in [4.69, 9.17) is 5.26 Å². The Labute approximate surface area is 79.7 Å². The molecule has 1 N–H and O–H groups in total. The predicted molar refractivity (Wildman–Crippen MR) is 50.4 cm³/mol. The maximum Gasteiger partial charge on any atom is 0.194 e. The summed E-state index contributed by atoms with van der Waals surface area (Å²) in [6.07, 6.45) is 0.540. The monoisotopic (exact) mass is 189 g/mol. The summed E-state index contributed by atoms with van der Waals surface area (Å²) in [7, 11) is 0. The Morgan fingerprint density at radius 2 is 2.14 bits per heavy atom. The molecule has 0 aliphatic rings. The Morgan fingerprint density at radius 1 is 1.36 bits per heavy atom. The van der Waals surface area contributed by atoms with E-state index in [1.165, 1.54) is 0 Å². The Kier molecular flexibility index (Phi) is 2.12. The van der Waals surface area contributed by atoms with Crippen molar-refractivity contribution in [2.75, 3.05) is 0 Å². The zero-order valence-electron chi connectivity index (χ0n) is 7.18. The summed E-state index contributed by atoms with van der Waals surface area (Å²) in [5.74, 6) is 0.0682. The second kappa shape index (κ2) is 3.43. The van der Waals surface area contributed by atoms with Crippen molar-refractivity contribution < 1.29 is 14.9 Å². The van der Waals surface area contributed by atoms with Gasteiger partial charge in [-0.2, -0.15) is 0 Å². The van der Waals surface area contributed by atoms with Crippen LogP contribution in [0.1, 0.15) is 10.5 Å². The lowest BCUT2D eigenvalue weighted by Crippen LogP contribution is -1.95. The van der Waals surface area contributed by atoms with Gasteiger partial charge in [-0.25, -0.2) is 10.2 Å². The van der Waals surface area contributed by atoms with Crippen molar-refractivity contribution in [3.8, 4) is 5.75 Å². The molecular formula is C10H7NO3. The van der Waals surface area contributed by atoms with Crippen molar-refractivity contribution in [1.29, 1.82) is 0 Å². The molecule has 4 nitrogen and oxygen atoms in total. The number of aromatic nitrogens is 1. The van der Waals surface area contributed by atoms with Gasteiger partial charge in [0, 0.05) is 5.39 Å². The number of para-hydroxylation sites is 1. The van der Waals surface area contributed by atoms with E-state index in [0.29, 0.717) is 11.8 Å². The van der Waals surface area contributed by atoms with Crippen molar-refractivity contribution in [3.63, 3.8) is 0 Å². The Bertz CT molecular complexity index is 482. The van der Waals surface area contributed by atoms with E-state index in [1.54, 1.807) is 12.1 Å². The second-order valence-electron chi connectivity index (χ2n) is 2.77. The Balaban J connectivity index is 2.75. The van der Waals surface area contributed by atoms with Gasteiger partial charge >= 0.3 is 0 Å². The Hall–Kier alpha value is -1.94. The van der Waals surface area contributed by atoms with Crippen LogP contribution < -0.4 is 4.89 Å². The average Bonchev–Trinajstić information content (AvgIpc) is 2.27. The average molecular weight is 189 g/mol. The number of hydrogen-bond donors (Lipinski definition) is 1. The third kappa shape index (κ3) is 1.31. The number of hydrogen-bond acceptors (Lipinski definition) is 4. The molecule has 0 amide bonds. The SMILES string of the molecule is O=Cc1nc2ccccc2cc1OO. The Morgan fingerprint density at radius 3 is 2.86 bits per heavy atom. The van der Waals surface area contributed by atoms with Gasteiger partial charge in [-0.3, -0.25) is 4.79 Å². The van der Waals surface area contributed by atoms with Gasteiger partial charge < -0.3 is 4.89 Å².